The number of hydrogen-bond donors (Lipinski definition) is 1. The molecule has 1 rings (SSSR count). The normalized spacial score (nSPS) is 11.5. The van der Waals surface area contributed by atoms with Gasteiger partial charge in [-0.25, -0.2) is 0 Å². The second-order valence-corrected chi connectivity index (χ2v) is 5.07. The second-order valence-electron chi connectivity index (χ2n) is 5.07. The maximum absolute atomic E-state index is 13.7. The molecule has 3 nitrogen and oxygen atoms in total. The second kappa shape index (κ2) is 6.88. The third kappa shape index (κ3) is 3.82. The van der Waals surface area contributed by atoms with Crippen LogP contribution >= 0.6 is 0 Å². The van der Waals surface area contributed by atoms with Gasteiger partial charge in [-0.05, 0) is 13.8 Å². The minimum atomic E-state index is -1.64. The summed E-state index contributed by atoms with van der Waals surface area (Å²) < 4.78 is 53.8. The number of nitrogens with zero attached hydrogens (tertiary/aromatic N) is 2. The molecule has 0 aliphatic carbocycles. The number of rotatable bonds is 6. The third-order valence-corrected chi connectivity index (χ3v) is 2.79. The Balaban J connectivity index is 3.09. The first-order valence-corrected chi connectivity index (χ1v) is 6.45. The Kier molecular flexibility index (Phi) is 5.74. The average Bonchev–Trinajstić information content (AvgIpc) is 2.34. The molecule has 1 aromatic rings. The van der Waals surface area contributed by atoms with Crippen LogP contribution in [0.2, 0.25) is 0 Å². The van der Waals surface area contributed by atoms with Crippen molar-refractivity contribution in [3.05, 3.63) is 23.5 Å². The van der Waals surface area contributed by atoms with Crippen LogP contribution in [0, 0.1) is 23.5 Å². The monoisotopic (exact) mass is 293 g/mol. The van der Waals surface area contributed by atoms with Crippen molar-refractivity contribution in [3.8, 4) is 0 Å². The fourth-order valence-electron chi connectivity index (χ4n) is 1.83. The first-order chi connectivity index (χ1) is 9.25. The van der Waals surface area contributed by atoms with E-state index in [1.807, 2.05) is 13.8 Å². The molecule has 0 bridgehead atoms. The predicted octanol–water partition coefficient (Wildman–Crippen LogP) is 2.85. The van der Waals surface area contributed by atoms with Gasteiger partial charge in [0.15, 0.2) is 0 Å². The Morgan fingerprint density at radius 3 is 1.90 bits per heavy atom. The zero-order valence-corrected chi connectivity index (χ0v) is 12.0. The minimum Gasteiger partial charge on any atom is -0.363 e. The van der Waals surface area contributed by atoms with Crippen LogP contribution in [0.5, 0.6) is 0 Å². The van der Waals surface area contributed by atoms with Crippen molar-refractivity contribution in [2.24, 2.45) is 0 Å². The lowest BCUT2D eigenvalue weighted by Crippen LogP contribution is -2.40. The fourth-order valence-corrected chi connectivity index (χ4v) is 1.83. The van der Waals surface area contributed by atoms with E-state index in [9.17, 15) is 17.6 Å². The molecule has 1 heterocycles. The first-order valence-electron chi connectivity index (χ1n) is 6.45. The molecule has 0 saturated heterocycles. The Morgan fingerprint density at radius 2 is 1.50 bits per heavy atom. The molecule has 0 fully saturated rings. The van der Waals surface area contributed by atoms with E-state index in [1.54, 1.807) is 13.8 Å². The molecule has 20 heavy (non-hydrogen) atoms. The van der Waals surface area contributed by atoms with E-state index in [0.29, 0.717) is 6.54 Å². The highest BCUT2D eigenvalue weighted by Gasteiger charge is 2.26. The Labute approximate surface area is 116 Å². The summed E-state index contributed by atoms with van der Waals surface area (Å²) in [5.74, 6) is -6.22. The van der Waals surface area contributed by atoms with Gasteiger partial charge in [-0.1, -0.05) is 13.8 Å². The van der Waals surface area contributed by atoms with Gasteiger partial charge >= 0.3 is 0 Å². The van der Waals surface area contributed by atoms with Crippen molar-refractivity contribution in [1.29, 1.82) is 0 Å². The summed E-state index contributed by atoms with van der Waals surface area (Å²) >= 11 is 0. The number of aromatic nitrogens is 1. The van der Waals surface area contributed by atoms with Crippen molar-refractivity contribution < 1.29 is 17.6 Å². The minimum absolute atomic E-state index is 0.199. The molecule has 0 unspecified atom stereocenters. The Hall–Kier alpha value is -1.37. The zero-order chi connectivity index (χ0) is 15.4. The van der Waals surface area contributed by atoms with E-state index in [4.69, 9.17) is 0 Å². The number of nitrogens with one attached hydrogen (secondary N) is 1. The van der Waals surface area contributed by atoms with Crippen LogP contribution in [0.4, 0.5) is 23.2 Å². The van der Waals surface area contributed by atoms with Gasteiger partial charge in [0.05, 0.1) is 0 Å². The summed E-state index contributed by atoms with van der Waals surface area (Å²) in [5.41, 5.74) is -0.712. The number of halogens is 4. The highest BCUT2D eigenvalue weighted by atomic mass is 19.2. The summed E-state index contributed by atoms with van der Waals surface area (Å²) in [6, 6.07) is -0.126. The van der Waals surface area contributed by atoms with Crippen molar-refractivity contribution >= 4 is 5.69 Å². The van der Waals surface area contributed by atoms with E-state index in [1.165, 1.54) is 4.90 Å². The van der Waals surface area contributed by atoms with Crippen molar-refractivity contribution in [1.82, 2.24) is 10.3 Å². The molecule has 0 aliphatic rings. The summed E-state index contributed by atoms with van der Waals surface area (Å²) in [6.07, 6.45) is 0. The van der Waals surface area contributed by atoms with Gasteiger partial charge in [0.1, 0.15) is 5.69 Å². The predicted molar refractivity (Wildman–Crippen MR) is 69.7 cm³/mol. The molecule has 0 saturated carbocycles. The molecule has 0 atom stereocenters. The lowest BCUT2D eigenvalue weighted by atomic mass is 10.2. The molecule has 0 spiro atoms. The first kappa shape index (κ1) is 16.7. The van der Waals surface area contributed by atoms with E-state index >= 15 is 0 Å². The molecule has 0 aliphatic heterocycles. The van der Waals surface area contributed by atoms with Gasteiger partial charge in [0.25, 0.3) is 11.9 Å². The fraction of sp³-hybridized carbons (Fsp3) is 0.615. The maximum atomic E-state index is 13.7. The van der Waals surface area contributed by atoms with Crippen molar-refractivity contribution in [2.45, 2.75) is 39.8 Å². The third-order valence-electron chi connectivity index (χ3n) is 2.79. The molecule has 1 aromatic heterocycles. The van der Waals surface area contributed by atoms with Crippen LogP contribution in [0.1, 0.15) is 27.7 Å². The zero-order valence-electron chi connectivity index (χ0n) is 12.0. The Bertz CT molecular complexity index is 437. The highest BCUT2D eigenvalue weighted by molar-refractivity contribution is 5.49. The van der Waals surface area contributed by atoms with Crippen LogP contribution in [-0.2, 0) is 0 Å². The van der Waals surface area contributed by atoms with Gasteiger partial charge < -0.3 is 10.2 Å². The van der Waals surface area contributed by atoms with Crippen LogP contribution < -0.4 is 10.2 Å². The average molecular weight is 293 g/mol. The largest absolute Gasteiger partial charge is 0.363 e. The van der Waals surface area contributed by atoms with Gasteiger partial charge in [-0.3, -0.25) is 0 Å². The summed E-state index contributed by atoms with van der Waals surface area (Å²) in [4.78, 5) is 3.83. The molecular formula is C13H19F4N3. The maximum Gasteiger partial charge on any atom is 0.253 e. The smallest absolute Gasteiger partial charge is 0.253 e. The SMILES string of the molecule is CC(C)NCCN(c1c(F)c(F)nc(F)c1F)C(C)C. The van der Waals surface area contributed by atoms with Gasteiger partial charge in [-0.2, -0.15) is 22.5 Å². The van der Waals surface area contributed by atoms with E-state index in [0.717, 1.165) is 0 Å². The number of pyridine rings is 1. The molecule has 0 radical (unpaired) electrons. The lowest BCUT2D eigenvalue weighted by molar-refractivity contribution is 0.402. The molecule has 1 N–H and O–H groups in total. The summed E-state index contributed by atoms with van der Waals surface area (Å²) in [6.45, 7) is 7.86. The molecule has 0 aromatic carbocycles. The number of hydrogen-bond acceptors (Lipinski definition) is 3. The van der Waals surface area contributed by atoms with E-state index in [2.05, 4.69) is 10.3 Å². The molecule has 0 amide bonds. The number of anilines is 1. The quantitative estimate of drug-likeness (QED) is 0.646. The summed E-state index contributed by atoms with van der Waals surface area (Å²) in [7, 11) is 0. The Morgan fingerprint density at radius 1 is 1.00 bits per heavy atom. The van der Waals surface area contributed by atoms with Crippen LogP contribution in [0.15, 0.2) is 0 Å². The van der Waals surface area contributed by atoms with Crippen LogP contribution in [-0.4, -0.2) is 30.2 Å². The van der Waals surface area contributed by atoms with Crippen molar-refractivity contribution in [2.75, 3.05) is 18.0 Å². The standard InChI is InChI=1S/C13H19F4N3/c1-7(2)18-5-6-20(8(3)4)11-9(14)12(16)19-13(17)10(11)15/h7-8,18H,5-6H2,1-4H3. The van der Waals surface area contributed by atoms with Gasteiger partial charge in [0, 0.05) is 25.2 Å². The lowest BCUT2D eigenvalue weighted by Gasteiger charge is -2.30. The van der Waals surface area contributed by atoms with Crippen LogP contribution in [0.25, 0.3) is 0 Å². The highest BCUT2D eigenvalue weighted by Crippen LogP contribution is 2.27. The van der Waals surface area contributed by atoms with Crippen LogP contribution in [0.3, 0.4) is 0 Å². The molecular weight excluding hydrogens is 274 g/mol. The summed E-state index contributed by atoms with van der Waals surface area (Å²) in [5, 5.41) is 3.08. The molecule has 7 heteroatoms. The van der Waals surface area contributed by atoms with Crippen molar-refractivity contribution in [3.63, 3.8) is 0 Å². The topological polar surface area (TPSA) is 28.2 Å². The molecule has 114 valence electrons. The van der Waals surface area contributed by atoms with E-state index < -0.39 is 29.2 Å². The van der Waals surface area contributed by atoms with E-state index in [-0.39, 0.29) is 18.6 Å². The van der Waals surface area contributed by atoms with Gasteiger partial charge in [0.2, 0.25) is 11.6 Å². The van der Waals surface area contributed by atoms with Gasteiger partial charge in [-0.15, -0.1) is 0 Å².